The van der Waals surface area contributed by atoms with Crippen molar-refractivity contribution in [2.75, 3.05) is 11.4 Å². The topological polar surface area (TPSA) is 104 Å². The van der Waals surface area contributed by atoms with Crippen molar-refractivity contribution in [3.8, 4) is 6.07 Å². The molecule has 0 bridgehead atoms. The number of rotatable bonds is 10. The van der Waals surface area contributed by atoms with Crippen molar-refractivity contribution >= 4 is 38.9 Å². The van der Waals surface area contributed by atoms with Gasteiger partial charge in [0.2, 0.25) is 5.91 Å². The fourth-order valence-corrected chi connectivity index (χ4v) is 5.72. The summed E-state index contributed by atoms with van der Waals surface area (Å²) in [5.41, 5.74) is 4.33. The first-order valence-corrected chi connectivity index (χ1v) is 14.4. The van der Waals surface area contributed by atoms with E-state index in [1.54, 1.807) is 30.9 Å². The first-order valence-electron chi connectivity index (χ1n) is 13.6. The normalized spacial score (nSPS) is 12.7. The number of nitrogens with zero attached hydrogens (tertiary/aromatic N) is 5. The number of hydrogen-bond donors (Lipinski definition) is 1. The molecule has 204 valence electrons. The van der Waals surface area contributed by atoms with E-state index in [4.69, 9.17) is 5.26 Å². The molecule has 6 rings (SSSR count). The molecule has 5 aromatic rings. The Kier molecular flexibility index (Phi) is 7.56. The highest BCUT2D eigenvalue weighted by molar-refractivity contribution is 7.20. The van der Waals surface area contributed by atoms with Gasteiger partial charge in [0, 0.05) is 53.9 Å². The molecule has 3 heterocycles. The molecule has 1 aliphatic rings. The summed E-state index contributed by atoms with van der Waals surface area (Å²) in [7, 11) is 0. The van der Waals surface area contributed by atoms with Gasteiger partial charge >= 0.3 is 0 Å². The van der Waals surface area contributed by atoms with Gasteiger partial charge in [-0.25, -0.2) is 4.98 Å². The van der Waals surface area contributed by atoms with Gasteiger partial charge in [-0.15, -0.1) is 11.3 Å². The molecule has 3 aromatic heterocycles. The van der Waals surface area contributed by atoms with Gasteiger partial charge in [-0.05, 0) is 72.3 Å². The largest absolute Gasteiger partial charge is 0.351 e. The summed E-state index contributed by atoms with van der Waals surface area (Å²) in [4.78, 5) is 37.5. The zero-order valence-electron chi connectivity index (χ0n) is 22.4. The number of pyridine rings is 1. The maximum absolute atomic E-state index is 13.5. The maximum Gasteiger partial charge on any atom is 0.261 e. The number of carbonyl (C=O) groups excluding carboxylic acids is 2. The molecular weight excluding hydrogens is 532 g/mol. The second-order valence-electron chi connectivity index (χ2n) is 10.2. The van der Waals surface area contributed by atoms with Crippen molar-refractivity contribution in [1.29, 1.82) is 5.26 Å². The van der Waals surface area contributed by atoms with Gasteiger partial charge < -0.3 is 14.8 Å². The first-order chi connectivity index (χ1) is 20.1. The molecule has 8 nitrogen and oxygen atoms in total. The fourth-order valence-electron chi connectivity index (χ4n) is 4.76. The molecule has 0 aliphatic heterocycles. The van der Waals surface area contributed by atoms with Crippen LogP contribution < -0.4 is 10.2 Å². The third-order valence-corrected chi connectivity index (χ3v) is 8.29. The Morgan fingerprint density at radius 2 is 1.95 bits per heavy atom. The summed E-state index contributed by atoms with van der Waals surface area (Å²) in [6.45, 7) is 1.49. The minimum absolute atomic E-state index is 0.0449. The van der Waals surface area contributed by atoms with Gasteiger partial charge in [-0.1, -0.05) is 18.2 Å². The zero-order valence-corrected chi connectivity index (χ0v) is 23.2. The summed E-state index contributed by atoms with van der Waals surface area (Å²) in [5, 5.41) is 13.0. The van der Waals surface area contributed by atoms with Crippen LogP contribution in [0.3, 0.4) is 0 Å². The lowest BCUT2D eigenvalue weighted by molar-refractivity contribution is -0.119. The summed E-state index contributed by atoms with van der Waals surface area (Å²) in [6, 6.07) is 23.2. The number of carbonyl (C=O) groups is 2. The molecule has 0 radical (unpaired) electrons. The molecule has 2 amide bonds. The third kappa shape index (κ3) is 6.18. The van der Waals surface area contributed by atoms with Crippen molar-refractivity contribution in [2.45, 2.75) is 32.4 Å². The highest BCUT2D eigenvalue weighted by atomic mass is 32.1. The molecule has 1 fully saturated rings. The van der Waals surface area contributed by atoms with E-state index in [0.717, 1.165) is 45.6 Å². The van der Waals surface area contributed by atoms with Gasteiger partial charge in [0.05, 0.1) is 35.1 Å². The quantitative estimate of drug-likeness (QED) is 0.249. The maximum atomic E-state index is 13.5. The van der Waals surface area contributed by atoms with Crippen LogP contribution in [0, 0.1) is 17.2 Å². The summed E-state index contributed by atoms with van der Waals surface area (Å²) >= 11 is 1.45. The Morgan fingerprint density at radius 1 is 1.10 bits per heavy atom. The van der Waals surface area contributed by atoms with Gasteiger partial charge in [-0.3, -0.25) is 14.6 Å². The van der Waals surface area contributed by atoms with E-state index in [1.807, 2.05) is 64.1 Å². The van der Waals surface area contributed by atoms with Crippen LogP contribution >= 0.6 is 11.3 Å². The summed E-state index contributed by atoms with van der Waals surface area (Å²) < 4.78 is 3.03. The number of hydrogen-bond acceptors (Lipinski definition) is 6. The standard InChI is InChI=1S/C32H28N6O2S/c33-17-22-4-6-23(7-5-22)19-37-21-34-18-28(37)20-38(32(40)24-8-9-24)27-10-11-29-25(15-27)16-30(41-29)31(39)36-14-12-26-3-1-2-13-35-26/h1-7,10-11,13,15-16,18,21,24H,8-9,12,14,19-20H2,(H,36,39). The monoisotopic (exact) mass is 560 g/mol. The van der Waals surface area contributed by atoms with Crippen LogP contribution in [0.2, 0.25) is 0 Å². The lowest BCUT2D eigenvalue weighted by Gasteiger charge is -2.24. The molecule has 0 saturated heterocycles. The number of amides is 2. The molecule has 2 aromatic carbocycles. The Bertz CT molecular complexity index is 1730. The Balaban J connectivity index is 1.19. The third-order valence-electron chi connectivity index (χ3n) is 7.18. The molecule has 1 saturated carbocycles. The van der Waals surface area contributed by atoms with Crippen LogP contribution in [0.4, 0.5) is 5.69 Å². The lowest BCUT2D eigenvalue weighted by atomic mass is 10.1. The summed E-state index contributed by atoms with van der Waals surface area (Å²) in [6.07, 6.45) is 7.80. The van der Waals surface area contributed by atoms with Gasteiger partial charge in [-0.2, -0.15) is 5.26 Å². The fraction of sp³-hybridized carbons (Fsp3) is 0.219. The molecule has 0 atom stereocenters. The smallest absolute Gasteiger partial charge is 0.261 e. The van der Waals surface area contributed by atoms with Crippen molar-refractivity contribution in [3.05, 3.63) is 113 Å². The van der Waals surface area contributed by atoms with E-state index >= 15 is 0 Å². The molecule has 9 heteroatoms. The zero-order chi connectivity index (χ0) is 28.2. The van der Waals surface area contributed by atoms with E-state index in [-0.39, 0.29) is 17.7 Å². The molecule has 1 aliphatic carbocycles. The highest BCUT2D eigenvalue weighted by Crippen LogP contribution is 2.35. The van der Waals surface area contributed by atoms with Crippen LogP contribution in [0.25, 0.3) is 10.1 Å². The van der Waals surface area contributed by atoms with E-state index in [9.17, 15) is 9.59 Å². The molecular formula is C32H28N6O2S. The molecule has 1 N–H and O–H groups in total. The summed E-state index contributed by atoms with van der Waals surface area (Å²) in [5.74, 6) is 0.0444. The minimum atomic E-state index is -0.110. The Hall–Kier alpha value is -4.81. The molecule has 0 unspecified atom stereocenters. The minimum Gasteiger partial charge on any atom is -0.351 e. The Morgan fingerprint density at radius 3 is 2.71 bits per heavy atom. The second kappa shape index (κ2) is 11.7. The van der Waals surface area contributed by atoms with Gasteiger partial charge in [0.25, 0.3) is 5.91 Å². The van der Waals surface area contributed by atoms with Gasteiger partial charge in [0.1, 0.15) is 0 Å². The van der Waals surface area contributed by atoms with E-state index in [2.05, 4.69) is 21.4 Å². The van der Waals surface area contributed by atoms with Crippen LogP contribution in [0.5, 0.6) is 0 Å². The Labute approximate surface area is 241 Å². The number of nitrogens with one attached hydrogen (secondary N) is 1. The van der Waals surface area contributed by atoms with Crippen LogP contribution in [-0.4, -0.2) is 32.9 Å². The molecule has 0 spiro atoms. The van der Waals surface area contributed by atoms with Crippen LogP contribution in [0.1, 0.15) is 45.0 Å². The predicted molar refractivity (Wildman–Crippen MR) is 158 cm³/mol. The van der Waals surface area contributed by atoms with Crippen LogP contribution in [0.15, 0.2) is 85.5 Å². The predicted octanol–water partition coefficient (Wildman–Crippen LogP) is 5.33. The average molecular weight is 561 g/mol. The van der Waals surface area contributed by atoms with Crippen molar-refractivity contribution in [3.63, 3.8) is 0 Å². The lowest BCUT2D eigenvalue weighted by Crippen LogP contribution is -2.32. The number of imidazole rings is 1. The van der Waals surface area contributed by atoms with Crippen molar-refractivity contribution < 1.29 is 9.59 Å². The molecule has 41 heavy (non-hydrogen) atoms. The van der Waals surface area contributed by atoms with E-state index < -0.39 is 0 Å². The SMILES string of the molecule is N#Cc1ccc(Cn2cncc2CN(C(=O)C2CC2)c2ccc3sc(C(=O)NCCc4ccccn4)cc3c2)cc1. The number of anilines is 1. The number of nitriles is 1. The number of thiophene rings is 1. The first kappa shape index (κ1) is 26.4. The van der Waals surface area contributed by atoms with Gasteiger partial charge in [0.15, 0.2) is 0 Å². The number of benzene rings is 2. The van der Waals surface area contributed by atoms with E-state index in [0.29, 0.717) is 36.5 Å². The van der Waals surface area contributed by atoms with Crippen molar-refractivity contribution in [2.24, 2.45) is 5.92 Å². The second-order valence-corrected chi connectivity index (χ2v) is 11.3. The number of aromatic nitrogens is 3. The van der Waals surface area contributed by atoms with E-state index in [1.165, 1.54) is 11.3 Å². The van der Waals surface area contributed by atoms with Crippen molar-refractivity contribution in [1.82, 2.24) is 19.9 Å². The van der Waals surface area contributed by atoms with Crippen LogP contribution in [-0.2, 0) is 24.3 Å². The average Bonchev–Trinajstić information content (AvgIpc) is 3.63. The highest BCUT2D eigenvalue weighted by Gasteiger charge is 2.34. The number of fused-ring (bicyclic) bond motifs is 1.